The zero-order valence-electron chi connectivity index (χ0n) is 12.2. The SMILES string of the molecule is C1CCC(c2nnc(SCCN3CCCCC3)o2)CC1. The molecule has 2 heterocycles. The first-order valence-electron chi connectivity index (χ1n) is 8.10. The van der Waals surface area contributed by atoms with Crippen molar-refractivity contribution in [1.82, 2.24) is 15.1 Å². The van der Waals surface area contributed by atoms with E-state index < -0.39 is 0 Å². The summed E-state index contributed by atoms with van der Waals surface area (Å²) in [4.78, 5) is 2.55. The molecule has 0 atom stereocenters. The molecule has 0 aromatic carbocycles. The topological polar surface area (TPSA) is 42.2 Å². The van der Waals surface area contributed by atoms with E-state index in [9.17, 15) is 0 Å². The van der Waals surface area contributed by atoms with Crippen molar-refractivity contribution in [3.63, 3.8) is 0 Å². The van der Waals surface area contributed by atoms with Gasteiger partial charge in [-0.25, -0.2) is 0 Å². The van der Waals surface area contributed by atoms with Gasteiger partial charge >= 0.3 is 0 Å². The van der Waals surface area contributed by atoms with Gasteiger partial charge in [-0.1, -0.05) is 37.4 Å². The summed E-state index contributed by atoms with van der Waals surface area (Å²) in [5, 5.41) is 9.22. The Balaban J connectivity index is 1.42. The Morgan fingerprint density at radius 3 is 2.55 bits per heavy atom. The van der Waals surface area contributed by atoms with Crippen molar-refractivity contribution in [1.29, 1.82) is 0 Å². The van der Waals surface area contributed by atoms with Crippen LogP contribution in [0, 0.1) is 0 Å². The highest BCUT2D eigenvalue weighted by atomic mass is 32.2. The molecule has 1 aliphatic heterocycles. The molecule has 0 N–H and O–H groups in total. The zero-order chi connectivity index (χ0) is 13.6. The maximum atomic E-state index is 5.83. The second-order valence-corrected chi connectivity index (χ2v) is 7.04. The molecule has 1 aromatic rings. The maximum Gasteiger partial charge on any atom is 0.276 e. The van der Waals surface area contributed by atoms with E-state index in [2.05, 4.69) is 15.1 Å². The first-order chi connectivity index (χ1) is 9.92. The molecular formula is C15H25N3OS. The van der Waals surface area contributed by atoms with E-state index in [1.807, 2.05) is 0 Å². The van der Waals surface area contributed by atoms with Gasteiger partial charge in [0.25, 0.3) is 5.22 Å². The Bertz CT molecular complexity index is 398. The largest absolute Gasteiger partial charge is 0.416 e. The van der Waals surface area contributed by atoms with E-state index >= 15 is 0 Å². The van der Waals surface area contributed by atoms with Crippen LogP contribution in [0.5, 0.6) is 0 Å². The highest BCUT2D eigenvalue weighted by molar-refractivity contribution is 7.99. The average molecular weight is 295 g/mol. The Hall–Kier alpha value is -0.550. The van der Waals surface area contributed by atoms with Crippen LogP contribution in [-0.2, 0) is 0 Å². The van der Waals surface area contributed by atoms with Crippen LogP contribution >= 0.6 is 11.8 Å². The quantitative estimate of drug-likeness (QED) is 0.775. The third kappa shape index (κ3) is 3.98. The third-order valence-corrected chi connectivity index (χ3v) is 5.26. The first-order valence-corrected chi connectivity index (χ1v) is 9.09. The third-order valence-electron chi connectivity index (χ3n) is 4.46. The molecular weight excluding hydrogens is 270 g/mol. The summed E-state index contributed by atoms with van der Waals surface area (Å²) in [5.41, 5.74) is 0. The smallest absolute Gasteiger partial charge is 0.276 e. The number of nitrogens with zero attached hydrogens (tertiary/aromatic N) is 3. The number of thioether (sulfide) groups is 1. The van der Waals surface area contributed by atoms with Gasteiger partial charge in [0, 0.05) is 18.2 Å². The number of hydrogen-bond donors (Lipinski definition) is 0. The van der Waals surface area contributed by atoms with Crippen molar-refractivity contribution in [3.05, 3.63) is 5.89 Å². The van der Waals surface area contributed by atoms with E-state index in [-0.39, 0.29) is 0 Å². The van der Waals surface area contributed by atoms with Gasteiger partial charge in [0.1, 0.15) is 0 Å². The van der Waals surface area contributed by atoms with Gasteiger partial charge in [0.05, 0.1) is 0 Å². The lowest BCUT2D eigenvalue weighted by molar-refractivity contribution is 0.242. The summed E-state index contributed by atoms with van der Waals surface area (Å²) in [5.74, 6) is 2.46. The van der Waals surface area contributed by atoms with Crippen molar-refractivity contribution in [2.45, 2.75) is 62.5 Å². The van der Waals surface area contributed by atoms with Crippen LogP contribution < -0.4 is 0 Å². The molecule has 2 aliphatic rings. The summed E-state index contributed by atoms with van der Waals surface area (Å²) < 4.78 is 5.83. The van der Waals surface area contributed by atoms with Crippen LogP contribution in [0.1, 0.15) is 63.2 Å². The molecule has 2 fully saturated rings. The van der Waals surface area contributed by atoms with Crippen molar-refractivity contribution in [2.24, 2.45) is 0 Å². The Labute approximate surface area is 125 Å². The van der Waals surface area contributed by atoms with Crippen molar-refractivity contribution in [3.8, 4) is 0 Å². The van der Waals surface area contributed by atoms with Crippen LogP contribution in [0.25, 0.3) is 0 Å². The summed E-state index contributed by atoms with van der Waals surface area (Å²) in [7, 11) is 0. The summed E-state index contributed by atoms with van der Waals surface area (Å²) in [6, 6.07) is 0. The lowest BCUT2D eigenvalue weighted by atomic mass is 9.89. The molecule has 0 unspecified atom stereocenters. The molecule has 1 aromatic heterocycles. The molecule has 1 aliphatic carbocycles. The van der Waals surface area contributed by atoms with E-state index in [0.29, 0.717) is 5.92 Å². The highest BCUT2D eigenvalue weighted by Gasteiger charge is 2.21. The molecule has 5 heteroatoms. The normalized spacial score (nSPS) is 22.2. The number of hydrogen-bond acceptors (Lipinski definition) is 5. The van der Waals surface area contributed by atoms with Gasteiger partial charge in [0.2, 0.25) is 5.89 Å². The van der Waals surface area contributed by atoms with Crippen molar-refractivity contribution >= 4 is 11.8 Å². The van der Waals surface area contributed by atoms with Gasteiger partial charge in [0.15, 0.2) is 0 Å². The van der Waals surface area contributed by atoms with Gasteiger partial charge in [-0.3, -0.25) is 0 Å². The second-order valence-electron chi connectivity index (χ2n) is 5.99. The van der Waals surface area contributed by atoms with Crippen LogP contribution in [0.4, 0.5) is 0 Å². The number of likely N-dealkylation sites (tertiary alicyclic amines) is 1. The van der Waals surface area contributed by atoms with Gasteiger partial charge < -0.3 is 9.32 Å². The van der Waals surface area contributed by atoms with E-state index in [1.165, 1.54) is 64.5 Å². The molecule has 112 valence electrons. The molecule has 1 saturated carbocycles. The molecule has 0 spiro atoms. The standard InChI is InChI=1S/C15H25N3OS/c1-3-7-13(8-4-1)14-16-17-15(19-14)20-12-11-18-9-5-2-6-10-18/h13H,1-12H2. The van der Waals surface area contributed by atoms with E-state index in [4.69, 9.17) is 4.42 Å². The fraction of sp³-hybridized carbons (Fsp3) is 0.867. The van der Waals surface area contributed by atoms with E-state index in [1.54, 1.807) is 11.8 Å². The minimum Gasteiger partial charge on any atom is -0.416 e. The second kappa shape index (κ2) is 7.46. The molecule has 4 nitrogen and oxygen atoms in total. The molecule has 3 rings (SSSR count). The summed E-state index contributed by atoms with van der Waals surface area (Å²) in [6.45, 7) is 3.67. The molecule has 0 amide bonds. The van der Waals surface area contributed by atoms with Crippen LogP contribution in [0.3, 0.4) is 0 Å². The molecule has 0 bridgehead atoms. The summed E-state index contributed by atoms with van der Waals surface area (Å²) >= 11 is 1.72. The summed E-state index contributed by atoms with van der Waals surface area (Å²) in [6.07, 6.45) is 10.5. The lowest BCUT2D eigenvalue weighted by Crippen LogP contribution is -2.31. The van der Waals surface area contributed by atoms with Gasteiger partial charge in [-0.2, -0.15) is 0 Å². The zero-order valence-corrected chi connectivity index (χ0v) is 13.0. The van der Waals surface area contributed by atoms with Crippen molar-refractivity contribution < 1.29 is 4.42 Å². The highest BCUT2D eigenvalue weighted by Crippen LogP contribution is 2.32. The lowest BCUT2D eigenvalue weighted by Gasteiger charge is -2.25. The minimum atomic E-state index is 0.521. The van der Waals surface area contributed by atoms with Crippen LogP contribution in [0.2, 0.25) is 0 Å². The minimum absolute atomic E-state index is 0.521. The maximum absolute atomic E-state index is 5.83. The monoisotopic (exact) mass is 295 g/mol. The van der Waals surface area contributed by atoms with Crippen molar-refractivity contribution in [2.75, 3.05) is 25.4 Å². The predicted octanol–water partition coefficient (Wildman–Crippen LogP) is 3.70. The fourth-order valence-electron chi connectivity index (χ4n) is 3.24. The Kier molecular flexibility index (Phi) is 5.36. The first kappa shape index (κ1) is 14.4. The molecule has 20 heavy (non-hydrogen) atoms. The Morgan fingerprint density at radius 2 is 1.75 bits per heavy atom. The number of piperidine rings is 1. The molecule has 1 saturated heterocycles. The Morgan fingerprint density at radius 1 is 1.00 bits per heavy atom. The number of rotatable bonds is 5. The molecule has 0 radical (unpaired) electrons. The number of aromatic nitrogens is 2. The van der Waals surface area contributed by atoms with Gasteiger partial charge in [-0.15, -0.1) is 10.2 Å². The van der Waals surface area contributed by atoms with Crippen LogP contribution in [0.15, 0.2) is 9.64 Å². The van der Waals surface area contributed by atoms with Gasteiger partial charge in [-0.05, 0) is 38.8 Å². The van der Waals surface area contributed by atoms with Crippen LogP contribution in [-0.4, -0.2) is 40.5 Å². The predicted molar refractivity (Wildman–Crippen MR) is 81.1 cm³/mol. The van der Waals surface area contributed by atoms with E-state index in [0.717, 1.165) is 23.4 Å². The fourth-order valence-corrected chi connectivity index (χ4v) is 4.01. The average Bonchev–Trinajstić information content (AvgIpc) is 2.98.